The SMILES string of the molecule is CC1CC(C)CN(S(=O)(=O)c2ccc(S(=O)(=O)Nc3ccccc3C#N)cc2)C1. The van der Waals surface area contributed by atoms with Crippen molar-refractivity contribution in [2.45, 2.75) is 30.1 Å². The van der Waals surface area contributed by atoms with E-state index in [1.54, 1.807) is 12.1 Å². The molecule has 7 nitrogen and oxygen atoms in total. The molecule has 1 saturated heterocycles. The molecule has 1 N–H and O–H groups in total. The van der Waals surface area contributed by atoms with E-state index in [4.69, 9.17) is 5.26 Å². The highest BCUT2D eigenvalue weighted by molar-refractivity contribution is 7.92. The Balaban J connectivity index is 1.85. The van der Waals surface area contributed by atoms with Gasteiger partial charge in [-0.3, -0.25) is 4.72 Å². The zero-order valence-electron chi connectivity index (χ0n) is 16.2. The predicted molar refractivity (Wildman–Crippen MR) is 110 cm³/mol. The van der Waals surface area contributed by atoms with Crippen molar-refractivity contribution in [2.24, 2.45) is 11.8 Å². The van der Waals surface area contributed by atoms with Crippen molar-refractivity contribution < 1.29 is 16.8 Å². The van der Waals surface area contributed by atoms with Crippen molar-refractivity contribution in [1.82, 2.24) is 4.31 Å². The number of benzene rings is 2. The Kier molecular flexibility index (Phi) is 5.98. The van der Waals surface area contributed by atoms with Crippen LogP contribution in [0.3, 0.4) is 0 Å². The van der Waals surface area contributed by atoms with E-state index in [0.29, 0.717) is 13.1 Å². The maximum atomic E-state index is 12.9. The molecule has 0 bridgehead atoms. The first-order valence-electron chi connectivity index (χ1n) is 9.25. The molecular formula is C20H23N3O4S2. The number of nitrogens with one attached hydrogen (secondary N) is 1. The molecule has 0 saturated carbocycles. The topological polar surface area (TPSA) is 107 Å². The van der Waals surface area contributed by atoms with E-state index in [-0.39, 0.29) is 32.9 Å². The zero-order valence-corrected chi connectivity index (χ0v) is 17.9. The molecule has 1 aliphatic rings. The molecule has 0 aromatic heterocycles. The van der Waals surface area contributed by atoms with E-state index in [9.17, 15) is 16.8 Å². The number of rotatable bonds is 5. The Morgan fingerprint density at radius 2 is 1.48 bits per heavy atom. The van der Waals surface area contributed by atoms with Crippen LogP contribution in [0.2, 0.25) is 0 Å². The fourth-order valence-electron chi connectivity index (χ4n) is 3.62. The summed E-state index contributed by atoms with van der Waals surface area (Å²) in [5, 5.41) is 9.12. The van der Waals surface area contributed by atoms with E-state index < -0.39 is 20.0 Å². The van der Waals surface area contributed by atoms with Crippen LogP contribution in [0.5, 0.6) is 0 Å². The van der Waals surface area contributed by atoms with Crippen LogP contribution in [-0.4, -0.2) is 34.2 Å². The molecule has 1 aliphatic heterocycles. The van der Waals surface area contributed by atoms with Crippen molar-refractivity contribution >= 4 is 25.7 Å². The third-order valence-corrected chi connectivity index (χ3v) is 8.13. The van der Waals surface area contributed by atoms with Gasteiger partial charge in [0.15, 0.2) is 0 Å². The van der Waals surface area contributed by atoms with Crippen molar-refractivity contribution in [1.29, 1.82) is 5.26 Å². The molecule has 3 rings (SSSR count). The second-order valence-corrected chi connectivity index (χ2v) is 11.1. The van der Waals surface area contributed by atoms with Gasteiger partial charge in [-0.2, -0.15) is 9.57 Å². The minimum Gasteiger partial charge on any atom is -0.278 e. The number of hydrogen-bond donors (Lipinski definition) is 1. The van der Waals surface area contributed by atoms with Gasteiger partial charge in [0.2, 0.25) is 10.0 Å². The number of sulfonamides is 2. The standard InChI is InChI=1S/C20H23N3O4S2/c1-15-11-16(2)14-23(13-15)29(26,27)19-9-7-18(8-10-19)28(24,25)22-20-6-4-3-5-17(20)12-21/h3-10,15-16,22H,11,13-14H2,1-2H3. The van der Waals surface area contributed by atoms with Gasteiger partial charge in [0, 0.05) is 13.1 Å². The molecule has 2 atom stereocenters. The summed E-state index contributed by atoms with van der Waals surface area (Å²) < 4.78 is 55.0. The summed E-state index contributed by atoms with van der Waals surface area (Å²) in [5.74, 6) is 0.551. The number of nitrogens with zero attached hydrogens (tertiary/aromatic N) is 2. The van der Waals surface area contributed by atoms with E-state index in [1.807, 2.05) is 19.9 Å². The minimum absolute atomic E-state index is 0.0650. The van der Waals surface area contributed by atoms with Gasteiger partial charge in [-0.25, -0.2) is 16.8 Å². The van der Waals surface area contributed by atoms with Crippen LogP contribution in [-0.2, 0) is 20.0 Å². The Morgan fingerprint density at radius 1 is 0.931 bits per heavy atom. The first-order valence-corrected chi connectivity index (χ1v) is 12.2. The molecule has 0 radical (unpaired) electrons. The average molecular weight is 434 g/mol. The van der Waals surface area contributed by atoms with Gasteiger partial charge in [-0.05, 0) is 54.7 Å². The number of anilines is 1. The molecule has 29 heavy (non-hydrogen) atoms. The highest BCUT2D eigenvalue weighted by Crippen LogP contribution is 2.27. The second kappa shape index (κ2) is 8.14. The van der Waals surface area contributed by atoms with Crippen LogP contribution in [0, 0.1) is 23.2 Å². The van der Waals surface area contributed by atoms with Gasteiger partial charge in [-0.1, -0.05) is 26.0 Å². The molecule has 2 aromatic rings. The smallest absolute Gasteiger partial charge is 0.261 e. The summed E-state index contributed by atoms with van der Waals surface area (Å²) in [7, 11) is -7.64. The van der Waals surface area contributed by atoms with Gasteiger partial charge in [0.25, 0.3) is 10.0 Å². The molecule has 0 amide bonds. The molecule has 154 valence electrons. The van der Waals surface area contributed by atoms with Crippen LogP contribution in [0.25, 0.3) is 0 Å². The Bertz CT molecular complexity index is 1130. The number of hydrogen-bond acceptors (Lipinski definition) is 5. The van der Waals surface area contributed by atoms with Gasteiger partial charge < -0.3 is 0 Å². The van der Waals surface area contributed by atoms with E-state index in [0.717, 1.165) is 6.42 Å². The summed E-state index contributed by atoms with van der Waals surface area (Å²) >= 11 is 0. The quantitative estimate of drug-likeness (QED) is 0.780. The largest absolute Gasteiger partial charge is 0.278 e. The van der Waals surface area contributed by atoms with Crippen LogP contribution >= 0.6 is 0 Å². The van der Waals surface area contributed by atoms with Gasteiger partial charge in [0.1, 0.15) is 6.07 Å². The fourth-order valence-corrected chi connectivity index (χ4v) is 6.37. The molecular weight excluding hydrogens is 410 g/mol. The summed E-state index contributed by atoms with van der Waals surface area (Å²) in [6.45, 7) is 4.97. The predicted octanol–water partition coefficient (Wildman–Crippen LogP) is 3.03. The first-order chi connectivity index (χ1) is 13.6. The molecule has 2 aromatic carbocycles. The van der Waals surface area contributed by atoms with Crippen LogP contribution in [0.1, 0.15) is 25.8 Å². The van der Waals surface area contributed by atoms with E-state index in [2.05, 4.69) is 4.72 Å². The average Bonchev–Trinajstić information content (AvgIpc) is 2.67. The van der Waals surface area contributed by atoms with Gasteiger partial charge >= 0.3 is 0 Å². The lowest BCUT2D eigenvalue weighted by molar-refractivity contribution is 0.222. The van der Waals surface area contributed by atoms with Gasteiger partial charge in [0.05, 0.1) is 21.0 Å². The zero-order chi connectivity index (χ0) is 21.2. The Labute approximate surface area is 172 Å². The van der Waals surface area contributed by atoms with Crippen molar-refractivity contribution in [3.63, 3.8) is 0 Å². The molecule has 0 spiro atoms. The fraction of sp³-hybridized carbons (Fsp3) is 0.350. The van der Waals surface area contributed by atoms with Gasteiger partial charge in [-0.15, -0.1) is 0 Å². The lowest BCUT2D eigenvalue weighted by atomic mass is 9.94. The lowest BCUT2D eigenvalue weighted by Gasteiger charge is -2.34. The summed E-state index contributed by atoms with van der Waals surface area (Å²) in [5.41, 5.74) is 0.367. The molecule has 0 aliphatic carbocycles. The van der Waals surface area contributed by atoms with E-state index in [1.165, 1.54) is 40.7 Å². The minimum atomic E-state index is -3.96. The third-order valence-electron chi connectivity index (χ3n) is 4.90. The molecule has 1 fully saturated rings. The van der Waals surface area contributed by atoms with Crippen molar-refractivity contribution in [2.75, 3.05) is 17.8 Å². The normalized spacial score (nSPS) is 20.7. The number of nitriles is 1. The van der Waals surface area contributed by atoms with Crippen molar-refractivity contribution in [3.8, 4) is 6.07 Å². The second-order valence-electron chi connectivity index (χ2n) is 7.50. The van der Waals surface area contributed by atoms with Crippen LogP contribution in [0.15, 0.2) is 58.3 Å². The van der Waals surface area contributed by atoms with E-state index >= 15 is 0 Å². The Hall–Kier alpha value is -2.41. The first kappa shape index (κ1) is 21.3. The maximum absolute atomic E-state index is 12.9. The van der Waals surface area contributed by atoms with Crippen molar-refractivity contribution in [3.05, 3.63) is 54.1 Å². The highest BCUT2D eigenvalue weighted by Gasteiger charge is 2.31. The maximum Gasteiger partial charge on any atom is 0.261 e. The summed E-state index contributed by atoms with van der Waals surface area (Å²) in [4.78, 5) is -0.0141. The third kappa shape index (κ3) is 4.61. The molecule has 1 heterocycles. The number of piperidine rings is 1. The highest BCUT2D eigenvalue weighted by atomic mass is 32.2. The monoisotopic (exact) mass is 433 g/mol. The molecule has 9 heteroatoms. The summed E-state index contributed by atoms with van der Waals surface area (Å²) in [6.07, 6.45) is 0.985. The Morgan fingerprint density at radius 3 is 2.07 bits per heavy atom. The lowest BCUT2D eigenvalue weighted by Crippen LogP contribution is -2.42. The summed E-state index contributed by atoms with van der Waals surface area (Å²) in [6, 6.07) is 13.3. The number of para-hydroxylation sites is 1. The van der Waals surface area contributed by atoms with Crippen LogP contribution in [0.4, 0.5) is 5.69 Å². The molecule has 2 unspecified atom stereocenters. The van der Waals surface area contributed by atoms with Crippen LogP contribution < -0.4 is 4.72 Å².